The molecule has 0 radical (unpaired) electrons. The molecule has 3 rings (SSSR count). The molecular formula is C18H22Cl2N2O3. The van der Waals surface area contributed by atoms with Crippen LogP contribution in [0.2, 0.25) is 10.0 Å². The average Bonchev–Trinajstić information content (AvgIpc) is 3.01. The SMILES string of the molecule is O=C(NCC1CCN(C(=O)CC2CCC2)C1)c1cc(Cl)cc(Cl)c1O. The molecule has 2 fully saturated rings. The number of nitrogens with one attached hydrogen (secondary N) is 1. The maximum absolute atomic E-state index is 12.3. The van der Waals surface area contributed by atoms with E-state index in [9.17, 15) is 14.7 Å². The normalized spacial score (nSPS) is 20.4. The monoisotopic (exact) mass is 384 g/mol. The van der Waals surface area contributed by atoms with Crippen molar-refractivity contribution in [2.24, 2.45) is 11.8 Å². The Labute approximate surface area is 157 Å². The van der Waals surface area contributed by atoms with Crippen LogP contribution in [-0.4, -0.2) is 41.5 Å². The maximum atomic E-state index is 12.3. The van der Waals surface area contributed by atoms with E-state index in [-0.39, 0.29) is 28.2 Å². The van der Waals surface area contributed by atoms with Crippen LogP contribution in [0.25, 0.3) is 0 Å². The third kappa shape index (κ3) is 4.39. The molecule has 25 heavy (non-hydrogen) atoms. The van der Waals surface area contributed by atoms with Crippen molar-refractivity contribution >= 4 is 35.0 Å². The zero-order chi connectivity index (χ0) is 18.0. The molecule has 0 aromatic heterocycles. The third-order valence-corrected chi connectivity index (χ3v) is 5.66. The van der Waals surface area contributed by atoms with Crippen molar-refractivity contribution in [3.8, 4) is 5.75 Å². The van der Waals surface area contributed by atoms with Gasteiger partial charge in [0.15, 0.2) is 0 Å². The first-order valence-corrected chi connectivity index (χ1v) is 9.43. The minimum absolute atomic E-state index is 0.0475. The fourth-order valence-electron chi connectivity index (χ4n) is 3.37. The first kappa shape index (κ1) is 18.3. The summed E-state index contributed by atoms with van der Waals surface area (Å²) < 4.78 is 0. The molecule has 1 atom stereocenters. The van der Waals surface area contributed by atoms with Crippen LogP contribution >= 0.6 is 23.2 Å². The van der Waals surface area contributed by atoms with Crippen LogP contribution in [0.15, 0.2) is 12.1 Å². The van der Waals surface area contributed by atoms with E-state index >= 15 is 0 Å². The summed E-state index contributed by atoms with van der Waals surface area (Å²) in [4.78, 5) is 26.4. The standard InChI is InChI=1S/C18H22Cl2N2O3/c19-13-7-14(17(24)15(20)8-13)18(25)21-9-12-4-5-22(10-12)16(23)6-11-2-1-3-11/h7-8,11-12,24H,1-6,9-10H2,(H,21,25). The van der Waals surface area contributed by atoms with Crippen LogP contribution in [-0.2, 0) is 4.79 Å². The number of aromatic hydroxyl groups is 1. The molecule has 5 nitrogen and oxygen atoms in total. The number of likely N-dealkylation sites (tertiary alicyclic amines) is 1. The molecule has 0 spiro atoms. The highest BCUT2D eigenvalue weighted by atomic mass is 35.5. The molecule has 1 aromatic rings. The number of hydrogen-bond acceptors (Lipinski definition) is 3. The summed E-state index contributed by atoms with van der Waals surface area (Å²) in [5, 5.41) is 13.1. The fourth-order valence-corrected chi connectivity index (χ4v) is 3.86. The number of hydrogen-bond donors (Lipinski definition) is 2. The predicted molar refractivity (Wildman–Crippen MR) is 97.1 cm³/mol. The lowest BCUT2D eigenvalue weighted by Crippen LogP contribution is -2.34. The minimum atomic E-state index is -0.416. The second-order valence-corrected chi connectivity index (χ2v) is 7.83. The van der Waals surface area contributed by atoms with Gasteiger partial charge in [-0.1, -0.05) is 29.6 Å². The van der Waals surface area contributed by atoms with Gasteiger partial charge in [0, 0.05) is 31.1 Å². The van der Waals surface area contributed by atoms with E-state index in [1.165, 1.54) is 31.4 Å². The van der Waals surface area contributed by atoms with Gasteiger partial charge < -0.3 is 15.3 Å². The smallest absolute Gasteiger partial charge is 0.255 e. The summed E-state index contributed by atoms with van der Waals surface area (Å²) in [6.45, 7) is 1.88. The van der Waals surface area contributed by atoms with Gasteiger partial charge in [-0.3, -0.25) is 9.59 Å². The van der Waals surface area contributed by atoms with Crippen LogP contribution in [0, 0.1) is 11.8 Å². The van der Waals surface area contributed by atoms with Crippen molar-refractivity contribution in [1.82, 2.24) is 10.2 Å². The largest absolute Gasteiger partial charge is 0.506 e. The van der Waals surface area contributed by atoms with E-state index in [1.807, 2.05) is 4.90 Å². The number of halogens is 2. The van der Waals surface area contributed by atoms with Gasteiger partial charge in [0.05, 0.1) is 10.6 Å². The van der Waals surface area contributed by atoms with Gasteiger partial charge in [-0.05, 0) is 43.2 Å². The Hall–Kier alpha value is -1.46. The van der Waals surface area contributed by atoms with E-state index < -0.39 is 5.91 Å². The van der Waals surface area contributed by atoms with Crippen molar-refractivity contribution in [2.45, 2.75) is 32.1 Å². The van der Waals surface area contributed by atoms with E-state index in [4.69, 9.17) is 23.2 Å². The van der Waals surface area contributed by atoms with Gasteiger partial charge >= 0.3 is 0 Å². The quantitative estimate of drug-likeness (QED) is 0.816. The lowest BCUT2D eigenvalue weighted by Gasteiger charge is -2.27. The van der Waals surface area contributed by atoms with Gasteiger partial charge in [0.25, 0.3) is 5.91 Å². The molecule has 2 aliphatic rings. The number of phenols is 1. The summed E-state index contributed by atoms with van der Waals surface area (Å²) >= 11 is 11.7. The van der Waals surface area contributed by atoms with Crippen LogP contribution in [0.4, 0.5) is 0 Å². The first-order valence-electron chi connectivity index (χ1n) is 8.68. The molecule has 7 heteroatoms. The Morgan fingerprint density at radius 3 is 2.64 bits per heavy atom. The Morgan fingerprint density at radius 2 is 1.96 bits per heavy atom. The molecule has 1 unspecified atom stereocenters. The van der Waals surface area contributed by atoms with Crippen molar-refractivity contribution in [3.63, 3.8) is 0 Å². The molecule has 0 bridgehead atoms. The lowest BCUT2D eigenvalue weighted by molar-refractivity contribution is -0.131. The Kier molecular flexibility index (Phi) is 5.74. The number of carbonyl (C=O) groups excluding carboxylic acids is 2. The summed E-state index contributed by atoms with van der Waals surface area (Å²) in [6, 6.07) is 2.78. The molecule has 1 saturated carbocycles. The van der Waals surface area contributed by atoms with Crippen molar-refractivity contribution in [3.05, 3.63) is 27.7 Å². The number of amides is 2. The van der Waals surface area contributed by atoms with E-state index in [2.05, 4.69) is 5.32 Å². The van der Waals surface area contributed by atoms with Gasteiger partial charge in [0.1, 0.15) is 5.75 Å². The van der Waals surface area contributed by atoms with Gasteiger partial charge in [-0.25, -0.2) is 0 Å². The van der Waals surface area contributed by atoms with E-state index in [0.29, 0.717) is 30.5 Å². The number of carbonyl (C=O) groups is 2. The first-order chi connectivity index (χ1) is 11.9. The molecule has 1 saturated heterocycles. The highest BCUT2D eigenvalue weighted by Crippen LogP contribution is 2.32. The maximum Gasteiger partial charge on any atom is 0.255 e. The molecule has 1 aliphatic carbocycles. The van der Waals surface area contributed by atoms with Crippen LogP contribution in [0.1, 0.15) is 42.5 Å². The van der Waals surface area contributed by atoms with Crippen molar-refractivity contribution in [1.29, 1.82) is 0 Å². The van der Waals surface area contributed by atoms with Crippen molar-refractivity contribution in [2.75, 3.05) is 19.6 Å². The fraction of sp³-hybridized carbons (Fsp3) is 0.556. The molecular weight excluding hydrogens is 363 g/mol. The zero-order valence-electron chi connectivity index (χ0n) is 13.9. The van der Waals surface area contributed by atoms with Gasteiger partial charge in [-0.2, -0.15) is 0 Å². The summed E-state index contributed by atoms with van der Waals surface area (Å²) in [7, 11) is 0. The number of benzene rings is 1. The topological polar surface area (TPSA) is 69.6 Å². The van der Waals surface area contributed by atoms with E-state index in [0.717, 1.165) is 13.0 Å². The summed E-state index contributed by atoms with van der Waals surface area (Å²) in [5.41, 5.74) is 0.0633. The van der Waals surface area contributed by atoms with Crippen LogP contribution in [0.3, 0.4) is 0 Å². The van der Waals surface area contributed by atoms with Crippen LogP contribution in [0.5, 0.6) is 5.75 Å². The Morgan fingerprint density at radius 1 is 1.20 bits per heavy atom. The number of nitrogens with zero attached hydrogens (tertiary/aromatic N) is 1. The summed E-state index contributed by atoms with van der Waals surface area (Å²) in [5.74, 6) is 0.346. The lowest BCUT2D eigenvalue weighted by atomic mass is 9.83. The average molecular weight is 385 g/mol. The highest BCUT2D eigenvalue weighted by molar-refractivity contribution is 6.36. The highest BCUT2D eigenvalue weighted by Gasteiger charge is 2.29. The zero-order valence-corrected chi connectivity index (χ0v) is 15.4. The second-order valence-electron chi connectivity index (χ2n) is 6.99. The molecule has 1 aromatic carbocycles. The summed E-state index contributed by atoms with van der Waals surface area (Å²) in [6.07, 6.45) is 5.12. The Balaban J connectivity index is 1.49. The van der Waals surface area contributed by atoms with Gasteiger partial charge in [0.2, 0.25) is 5.91 Å². The number of rotatable bonds is 5. The molecule has 1 aliphatic heterocycles. The molecule has 2 amide bonds. The minimum Gasteiger partial charge on any atom is -0.506 e. The van der Waals surface area contributed by atoms with E-state index in [1.54, 1.807) is 0 Å². The molecule has 1 heterocycles. The Bertz CT molecular complexity index is 677. The second kappa shape index (κ2) is 7.83. The van der Waals surface area contributed by atoms with Crippen LogP contribution < -0.4 is 5.32 Å². The van der Waals surface area contributed by atoms with Gasteiger partial charge in [-0.15, -0.1) is 0 Å². The van der Waals surface area contributed by atoms with Crippen molar-refractivity contribution < 1.29 is 14.7 Å². The number of phenolic OH excluding ortho intramolecular Hbond substituents is 1. The molecule has 2 N–H and O–H groups in total. The predicted octanol–water partition coefficient (Wildman–Crippen LogP) is 3.47. The molecule has 136 valence electrons. The third-order valence-electron chi connectivity index (χ3n) is 5.15.